The zero-order valence-electron chi connectivity index (χ0n) is 12.0. The van der Waals surface area contributed by atoms with E-state index >= 15 is 0 Å². The fourth-order valence-corrected chi connectivity index (χ4v) is 2.03. The van der Waals surface area contributed by atoms with Crippen LogP contribution in [0, 0.1) is 12.8 Å². The molecule has 17 heavy (non-hydrogen) atoms. The highest BCUT2D eigenvalue weighted by Crippen LogP contribution is 2.19. The van der Waals surface area contributed by atoms with Gasteiger partial charge in [0.25, 0.3) is 0 Å². The average Bonchev–Trinajstić information content (AvgIpc) is 2.50. The fraction of sp³-hybridized carbons (Fsp3) is 0.769. The molecule has 0 spiro atoms. The summed E-state index contributed by atoms with van der Waals surface area (Å²) < 4.78 is 1.92. The molecule has 0 amide bonds. The molecule has 4 heteroatoms. The van der Waals surface area contributed by atoms with Crippen LogP contribution in [0.25, 0.3) is 0 Å². The van der Waals surface area contributed by atoms with Gasteiger partial charge in [0.1, 0.15) is 5.82 Å². The zero-order valence-corrected chi connectivity index (χ0v) is 12.0. The van der Waals surface area contributed by atoms with E-state index in [1.807, 2.05) is 18.8 Å². The van der Waals surface area contributed by atoms with E-state index in [0.717, 1.165) is 30.5 Å². The average molecular weight is 238 g/mol. The van der Waals surface area contributed by atoms with Crippen LogP contribution in [-0.2, 0) is 13.6 Å². The number of nitrogens with zero attached hydrogens (tertiary/aromatic N) is 3. The molecule has 0 aliphatic rings. The largest absolute Gasteiger partial charge is 0.373 e. The summed E-state index contributed by atoms with van der Waals surface area (Å²) in [6.45, 7) is 8.70. The molecule has 1 aromatic heterocycles. The Balaban J connectivity index is 2.67. The van der Waals surface area contributed by atoms with Gasteiger partial charge in [-0.15, -0.1) is 0 Å². The molecule has 0 radical (unpaired) electrons. The quantitative estimate of drug-likeness (QED) is 0.825. The summed E-state index contributed by atoms with van der Waals surface area (Å²) in [6.07, 6.45) is 1.24. The van der Waals surface area contributed by atoms with Crippen molar-refractivity contribution in [3.63, 3.8) is 0 Å². The Hall–Kier alpha value is -1.03. The Bertz CT molecular complexity index is 355. The molecule has 0 bridgehead atoms. The van der Waals surface area contributed by atoms with E-state index in [1.54, 1.807) is 0 Å². The Kier molecular flexibility index (Phi) is 5.00. The van der Waals surface area contributed by atoms with Gasteiger partial charge in [-0.3, -0.25) is 4.68 Å². The molecule has 0 saturated heterocycles. The summed E-state index contributed by atoms with van der Waals surface area (Å²) in [5.41, 5.74) is 2.43. The SMILES string of the molecule is CNc1c(CN(C)CCC(C)C)c(C)nn1C. The van der Waals surface area contributed by atoms with Crippen LogP contribution in [0.3, 0.4) is 0 Å². The number of nitrogens with one attached hydrogen (secondary N) is 1. The molecule has 0 aromatic carbocycles. The van der Waals surface area contributed by atoms with E-state index in [4.69, 9.17) is 0 Å². The Labute approximate surface area is 105 Å². The van der Waals surface area contributed by atoms with Crippen LogP contribution in [0.2, 0.25) is 0 Å². The molecule has 1 N–H and O–H groups in total. The molecule has 0 aliphatic carbocycles. The lowest BCUT2D eigenvalue weighted by molar-refractivity contribution is 0.303. The highest BCUT2D eigenvalue weighted by molar-refractivity contribution is 5.46. The van der Waals surface area contributed by atoms with Crippen LogP contribution < -0.4 is 5.32 Å². The van der Waals surface area contributed by atoms with Gasteiger partial charge in [0, 0.05) is 26.2 Å². The lowest BCUT2D eigenvalue weighted by atomic mass is 10.1. The fourth-order valence-electron chi connectivity index (χ4n) is 2.03. The van der Waals surface area contributed by atoms with Crippen LogP contribution in [0.5, 0.6) is 0 Å². The van der Waals surface area contributed by atoms with Gasteiger partial charge in [-0.1, -0.05) is 13.8 Å². The first-order valence-corrected chi connectivity index (χ1v) is 6.34. The molecule has 0 unspecified atom stereocenters. The van der Waals surface area contributed by atoms with Crippen molar-refractivity contribution in [1.82, 2.24) is 14.7 Å². The van der Waals surface area contributed by atoms with Crippen LogP contribution in [0.4, 0.5) is 5.82 Å². The van der Waals surface area contributed by atoms with Gasteiger partial charge in [0.2, 0.25) is 0 Å². The second-order valence-corrected chi connectivity index (χ2v) is 5.21. The summed E-state index contributed by atoms with van der Waals surface area (Å²) in [7, 11) is 6.11. The third-order valence-electron chi connectivity index (χ3n) is 3.10. The van der Waals surface area contributed by atoms with E-state index < -0.39 is 0 Å². The first-order chi connectivity index (χ1) is 7.95. The standard InChI is InChI=1S/C13H26N4/c1-10(2)7-8-16(5)9-12-11(3)15-17(6)13(12)14-4/h10,14H,7-9H2,1-6H3. The van der Waals surface area contributed by atoms with Gasteiger partial charge >= 0.3 is 0 Å². The van der Waals surface area contributed by atoms with E-state index in [9.17, 15) is 0 Å². The number of aryl methyl sites for hydroxylation is 2. The van der Waals surface area contributed by atoms with Crippen molar-refractivity contribution >= 4 is 5.82 Å². The molecule has 1 rings (SSSR count). The molecule has 4 nitrogen and oxygen atoms in total. The van der Waals surface area contributed by atoms with Crippen LogP contribution >= 0.6 is 0 Å². The normalized spacial score (nSPS) is 11.5. The number of hydrogen-bond acceptors (Lipinski definition) is 3. The van der Waals surface area contributed by atoms with Gasteiger partial charge in [0.15, 0.2) is 0 Å². The van der Waals surface area contributed by atoms with E-state index in [-0.39, 0.29) is 0 Å². The minimum absolute atomic E-state index is 0.760. The number of aromatic nitrogens is 2. The molecule has 98 valence electrons. The van der Waals surface area contributed by atoms with E-state index in [2.05, 4.69) is 43.1 Å². The van der Waals surface area contributed by atoms with Crippen molar-refractivity contribution in [1.29, 1.82) is 0 Å². The summed E-state index contributed by atoms with van der Waals surface area (Å²) in [4.78, 5) is 2.37. The smallest absolute Gasteiger partial charge is 0.128 e. The zero-order chi connectivity index (χ0) is 13.0. The molecular formula is C13H26N4. The third kappa shape index (κ3) is 3.73. The molecule has 1 aromatic rings. The van der Waals surface area contributed by atoms with Gasteiger partial charge < -0.3 is 10.2 Å². The van der Waals surface area contributed by atoms with Gasteiger partial charge in [-0.2, -0.15) is 5.10 Å². The van der Waals surface area contributed by atoms with Crippen LogP contribution in [0.15, 0.2) is 0 Å². The maximum atomic E-state index is 4.46. The number of anilines is 1. The Morgan fingerprint density at radius 2 is 2.06 bits per heavy atom. The number of hydrogen-bond donors (Lipinski definition) is 1. The predicted octanol–water partition coefficient (Wildman–Crippen LogP) is 2.25. The minimum atomic E-state index is 0.760. The maximum absolute atomic E-state index is 4.46. The topological polar surface area (TPSA) is 33.1 Å². The van der Waals surface area contributed by atoms with Gasteiger partial charge in [0.05, 0.1) is 5.69 Å². The van der Waals surface area contributed by atoms with Gasteiger partial charge in [-0.25, -0.2) is 0 Å². The first kappa shape index (κ1) is 14.0. The lowest BCUT2D eigenvalue weighted by Crippen LogP contribution is -2.21. The second kappa shape index (κ2) is 6.05. The summed E-state index contributed by atoms with van der Waals surface area (Å²) in [5.74, 6) is 1.88. The monoisotopic (exact) mass is 238 g/mol. The van der Waals surface area contributed by atoms with E-state index in [0.29, 0.717) is 0 Å². The molecular weight excluding hydrogens is 212 g/mol. The maximum Gasteiger partial charge on any atom is 0.128 e. The minimum Gasteiger partial charge on any atom is -0.373 e. The predicted molar refractivity (Wildman–Crippen MR) is 73.3 cm³/mol. The Morgan fingerprint density at radius 3 is 2.59 bits per heavy atom. The highest BCUT2D eigenvalue weighted by atomic mass is 15.3. The lowest BCUT2D eigenvalue weighted by Gasteiger charge is -2.18. The van der Waals surface area contributed by atoms with Crippen LogP contribution in [0.1, 0.15) is 31.5 Å². The van der Waals surface area contributed by atoms with Crippen molar-refractivity contribution in [2.45, 2.75) is 33.7 Å². The summed E-state index contributed by atoms with van der Waals surface area (Å²) in [5, 5.41) is 7.69. The second-order valence-electron chi connectivity index (χ2n) is 5.21. The molecule has 0 aliphatic heterocycles. The highest BCUT2D eigenvalue weighted by Gasteiger charge is 2.13. The van der Waals surface area contributed by atoms with Crippen LogP contribution in [-0.4, -0.2) is 35.3 Å². The number of rotatable bonds is 6. The molecule has 0 saturated carbocycles. The summed E-state index contributed by atoms with van der Waals surface area (Å²) >= 11 is 0. The summed E-state index contributed by atoms with van der Waals surface area (Å²) in [6, 6.07) is 0. The third-order valence-corrected chi connectivity index (χ3v) is 3.10. The molecule has 0 atom stereocenters. The van der Waals surface area contributed by atoms with Crippen molar-refractivity contribution in [2.24, 2.45) is 13.0 Å². The first-order valence-electron chi connectivity index (χ1n) is 6.34. The van der Waals surface area contributed by atoms with Crippen molar-refractivity contribution < 1.29 is 0 Å². The van der Waals surface area contributed by atoms with Crippen molar-refractivity contribution in [2.75, 3.05) is 26.0 Å². The molecule has 1 heterocycles. The van der Waals surface area contributed by atoms with Gasteiger partial charge in [-0.05, 0) is 32.9 Å². The van der Waals surface area contributed by atoms with Crippen molar-refractivity contribution in [3.8, 4) is 0 Å². The Morgan fingerprint density at radius 1 is 1.41 bits per heavy atom. The molecule has 0 fully saturated rings. The van der Waals surface area contributed by atoms with Crippen molar-refractivity contribution in [3.05, 3.63) is 11.3 Å². The van der Waals surface area contributed by atoms with E-state index in [1.165, 1.54) is 12.0 Å².